The predicted molar refractivity (Wildman–Crippen MR) is 116 cm³/mol. The van der Waals surface area contributed by atoms with E-state index in [-0.39, 0.29) is 0 Å². The SMILES string of the molecule is CCCCCCCCCCOc1cnc(-c2ccc(/C=C/C(C)O)cc2)nc1. The van der Waals surface area contributed by atoms with Gasteiger partial charge in [-0.15, -0.1) is 0 Å². The summed E-state index contributed by atoms with van der Waals surface area (Å²) in [6, 6.07) is 7.95. The lowest BCUT2D eigenvalue weighted by atomic mass is 10.1. The molecule has 1 aromatic carbocycles. The van der Waals surface area contributed by atoms with Gasteiger partial charge in [0.25, 0.3) is 0 Å². The van der Waals surface area contributed by atoms with Crippen molar-refractivity contribution in [2.24, 2.45) is 0 Å². The van der Waals surface area contributed by atoms with Crippen molar-refractivity contribution in [3.63, 3.8) is 0 Å². The normalized spacial score (nSPS) is 12.4. The van der Waals surface area contributed by atoms with Gasteiger partial charge in [-0.05, 0) is 18.9 Å². The van der Waals surface area contributed by atoms with E-state index >= 15 is 0 Å². The van der Waals surface area contributed by atoms with Crippen molar-refractivity contribution in [3.8, 4) is 17.1 Å². The molecule has 0 saturated carbocycles. The maximum absolute atomic E-state index is 9.30. The Morgan fingerprint density at radius 1 is 0.929 bits per heavy atom. The van der Waals surface area contributed by atoms with Crippen LogP contribution in [0.25, 0.3) is 17.5 Å². The standard InChI is InChI=1S/C24H34N2O2/c1-3-4-5-6-7-8-9-10-17-28-23-18-25-24(26-19-23)22-15-13-21(14-16-22)12-11-20(2)27/h11-16,18-20,27H,3-10,17H2,1-2H3/b12-11+. The summed E-state index contributed by atoms with van der Waals surface area (Å²) >= 11 is 0. The highest BCUT2D eigenvalue weighted by Crippen LogP contribution is 2.18. The Balaban J connectivity index is 1.70. The Morgan fingerprint density at radius 3 is 2.14 bits per heavy atom. The van der Waals surface area contributed by atoms with Crippen LogP contribution in [-0.4, -0.2) is 27.8 Å². The number of rotatable bonds is 13. The molecule has 1 heterocycles. The minimum Gasteiger partial charge on any atom is -0.490 e. The van der Waals surface area contributed by atoms with Crippen molar-refractivity contribution in [1.29, 1.82) is 0 Å². The van der Waals surface area contributed by atoms with Gasteiger partial charge in [-0.1, -0.05) is 88.3 Å². The Labute approximate surface area is 169 Å². The van der Waals surface area contributed by atoms with Gasteiger partial charge in [-0.2, -0.15) is 0 Å². The third-order valence-electron chi connectivity index (χ3n) is 4.63. The van der Waals surface area contributed by atoms with Crippen molar-refractivity contribution in [1.82, 2.24) is 9.97 Å². The Bertz CT molecular complexity index is 679. The molecule has 0 fully saturated rings. The van der Waals surface area contributed by atoms with Gasteiger partial charge in [0.05, 0.1) is 25.1 Å². The molecule has 2 aromatic rings. The van der Waals surface area contributed by atoms with Gasteiger partial charge < -0.3 is 9.84 Å². The third kappa shape index (κ3) is 8.66. The van der Waals surface area contributed by atoms with Crippen LogP contribution in [0, 0.1) is 0 Å². The molecule has 0 aliphatic carbocycles. The van der Waals surface area contributed by atoms with E-state index in [1.54, 1.807) is 25.4 Å². The summed E-state index contributed by atoms with van der Waals surface area (Å²) in [5.41, 5.74) is 2.00. The van der Waals surface area contributed by atoms with Gasteiger partial charge in [-0.3, -0.25) is 0 Å². The second-order valence-electron chi connectivity index (χ2n) is 7.29. The van der Waals surface area contributed by atoms with E-state index in [2.05, 4.69) is 16.9 Å². The third-order valence-corrected chi connectivity index (χ3v) is 4.63. The van der Waals surface area contributed by atoms with E-state index in [4.69, 9.17) is 4.74 Å². The molecule has 2 rings (SSSR count). The fourth-order valence-corrected chi connectivity index (χ4v) is 2.96. The zero-order valence-electron chi connectivity index (χ0n) is 17.3. The predicted octanol–water partition coefficient (Wildman–Crippen LogP) is 6.06. The van der Waals surface area contributed by atoms with Crippen LogP contribution < -0.4 is 4.74 Å². The molecule has 0 spiro atoms. The average molecular weight is 383 g/mol. The fraction of sp³-hybridized carbons (Fsp3) is 0.500. The first-order valence-corrected chi connectivity index (χ1v) is 10.6. The van der Waals surface area contributed by atoms with Crippen LogP contribution in [0.5, 0.6) is 5.75 Å². The highest BCUT2D eigenvalue weighted by molar-refractivity contribution is 5.59. The van der Waals surface area contributed by atoms with Crippen LogP contribution in [0.4, 0.5) is 0 Å². The zero-order chi connectivity index (χ0) is 20.0. The van der Waals surface area contributed by atoms with Crippen LogP contribution in [0.2, 0.25) is 0 Å². The number of unbranched alkanes of at least 4 members (excludes halogenated alkanes) is 7. The van der Waals surface area contributed by atoms with E-state index in [1.165, 1.54) is 44.9 Å². The number of hydrogen-bond acceptors (Lipinski definition) is 4. The molecule has 1 atom stereocenters. The maximum Gasteiger partial charge on any atom is 0.159 e. The van der Waals surface area contributed by atoms with E-state index in [0.717, 1.165) is 29.9 Å². The minimum absolute atomic E-state index is 0.443. The highest BCUT2D eigenvalue weighted by atomic mass is 16.5. The average Bonchev–Trinajstić information content (AvgIpc) is 2.72. The van der Waals surface area contributed by atoms with E-state index in [0.29, 0.717) is 5.82 Å². The number of nitrogens with zero attached hydrogens (tertiary/aromatic N) is 2. The summed E-state index contributed by atoms with van der Waals surface area (Å²) in [6.07, 6.45) is 17.0. The quantitative estimate of drug-likeness (QED) is 0.428. The lowest BCUT2D eigenvalue weighted by Crippen LogP contribution is -1.99. The number of aliphatic hydroxyl groups excluding tert-OH is 1. The summed E-state index contributed by atoms with van der Waals surface area (Å²) < 4.78 is 5.76. The van der Waals surface area contributed by atoms with E-state index in [9.17, 15) is 5.11 Å². The summed E-state index contributed by atoms with van der Waals surface area (Å²) in [4.78, 5) is 8.83. The molecule has 0 saturated heterocycles. The molecule has 28 heavy (non-hydrogen) atoms. The van der Waals surface area contributed by atoms with Crippen LogP contribution in [0.15, 0.2) is 42.7 Å². The molecule has 1 N–H and O–H groups in total. The van der Waals surface area contributed by atoms with Crippen molar-refractivity contribution in [2.45, 2.75) is 71.3 Å². The Kier molecular flexibility index (Phi) is 10.3. The van der Waals surface area contributed by atoms with Crippen molar-refractivity contribution in [2.75, 3.05) is 6.61 Å². The first kappa shape index (κ1) is 22.1. The van der Waals surface area contributed by atoms with Crippen LogP contribution in [-0.2, 0) is 0 Å². The minimum atomic E-state index is -0.443. The van der Waals surface area contributed by atoms with Gasteiger partial charge in [0.1, 0.15) is 0 Å². The summed E-state index contributed by atoms with van der Waals surface area (Å²) in [6.45, 7) is 4.71. The molecular formula is C24H34N2O2. The first-order chi connectivity index (χ1) is 13.7. The van der Waals surface area contributed by atoms with Crippen LogP contribution in [0.1, 0.15) is 70.8 Å². The lowest BCUT2D eigenvalue weighted by Gasteiger charge is -2.07. The maximum atomic E-state index is 9.30. The molecule has 1 aromatic heterocycles. The van der Waals surface area contributed by atoms with Crippen LogP contribution in [0.3, 0.4) is 0 Å². The number of ether oxygens (including phenoxy) is 1. The molecule has 4 heteroatoms. The van der Waals surface area contributed by atoms with Crippen molar-refractivity contribution < 1.29 is 9.84 Å². The Hall–Kier alpha value is -2.20. The van der Waals surface area contributed by atoms with E-state index < -0.39 is 6.10 Å². The summed E-state index contributed by atoms with van der Waals surface area (Å²) in [7, 11) is 0. The number of aliphatic hydroxyl groups is 1. The molecule has 0 bridgehead atoms. The number of aromatic nitrogens is 2. The summed E-state index contributed by atoms with van der Waals surface area (Å²) in [5, 5.41) is 9.30. The fourth-order valence-electron chi connectivity index (χ4n) is 2.96. The molecule has 0 amide bonds. The van der Waals surface area contributed by atoms with Gasteiger partial charge in [0.15, 0.2) is 11.6 Å². The van der Waals surface area contributed by atoms with Gasteiger partial charge in [0, 0.05) is 5.56 Å². The molecule has 1 unspecified atom stereocenters. The molecule has 0 radical (unpaired) electrons. The number of benzene rings is 1. The van der Waals surface area contributed by atoms with Crippen LogP contribution >= 0.6 is 0 Å². The second-order valence-corrected chi connectivity index (χ2v) is 7.29. The smallest absolute Gasteiger partial charge is 0.159 e. The summed E-state index contributed by atoms with van der Waals surface area (Å²) in [5.74, 6) is 1.41. The monoisotopic (exact) mass is 382 g/mol. The van der Waals surface area contributed by atoms with E-state index in [1.807, 2.05) is 30.3 Å². The van der Waals surface area contributed by atoms with Crippen molar-refractivity contribution in [3.05, 3.63) is 48.3 Å². The Morgan fingerprint density at radius 2 is 1.54 bits per heavy atom. The van der Waals surface area contributed by atoms with Crippen molar-refractivity contribution >= 4 is 6.08 Å². The zero-order valence-corrected chi connectivity index (χ0v) is 17.3. The largest absolute Gasteiger partial charge is 0.490 e. The number of hydrogen-bond donors (Lipinski definition) is 1. The molecule has 0 aliphatic rings. The highest BCUT2D eigenvalue weighted by Gasteiger charge is 2.02. The van der Waals surface area contributed by atoms with Gasteiger partial charge in [-0.25, -0.2) is 9.97 Å². The molecular weight excluding hydrogens is 348 g/mol. The molecule has 152 valence electrons. The lowest BCUT2D eigenvalue weighted by molar-refractivity contribution is 0.245. The molecule has 0 aliphatic heterocycles. The van der Waals surface area contributed by atoms with Gasteiger partial charge in [0.2, 0.25) is 0 Å². The molecule has 4 nitrogen and oxygen atoms in total. The topological polar surface area (TPSA) is 55.2 Å². The first-order valence-electron chi connectivity index (χ1n) is 10.6. The van der Waals surface area contributed by atoms with Gasteiger partial charge >= 0.3 is 0 Å². The second kappa shape index (κ2) is 13.1.